The number of halogens is 2. The lowest BCUT2D eigenvalue weighted by molar-refractivity contribution is 0.262. The SMILES string of the molecule is N#CC1(F)CN=C(F)C=N1. The van der Waals surface area contributed by atoms with E-state index < -0.39 is 18.3 Å². The predicted molar refractivity (Wildman–Crippen MR) is 31.4 cm³/mol. The first-order valence-corrected chi connectivity index (χ1v) is 2.52. The molecule has 0 N–H and O–H groups in total. The molecule has 1 unspecified atom stereocenters. The summed E-state index contributed by atoms with van der Waals surface area (Å²) < 4.78 is 24.6. The Kier molecular flexibility index (Phi) is 1.45. The molecule has 0 saturated heterocycles. The fourth-order valence-electron chi connectivity index (χ4n) is 0.482. The minimum absolute atomic E-state index is 0.550. The van der Waals surface area contributed by atoms with Crippen LogP contribution in [-0.4, -0.2) is 24.5 Å². The molecule has 1 heterocycles. The summed E-state index contributed by atoms with van der Waals surface area (Å²) in [4.78, 5) is 6.06. The van der Waals surface area contributed by atoms with Crippen LogP contribution in [0.2, 0.25) is 0 Å². The van der Waals surface area contributed by atoms with Crippen molar-refractivity contribution in [2.45, 2.75) is 5.79 Å². The maximum Gasteiger partial charge on any atom is 0.305 e. The molecule has 3 nitrogen and oxygen atoms in total. The third-order valence-corrected chi connectivity index (χ3v) is 0.987. The van der Waals surface area contributed by atoms with E-state index in [2.05, 4.69) is 9.98 Å². The standard InChI is InChI=1S/C5H3F2N3/c6-4-1-10-5(7,2-8)3-9-4/h1H,3H2. The van der Waals surface area contributed by atoms with Crippen LogP contribution in [0.15, 0.2) is 9.98 Å². The Labute approximate surface area is 55.7 Å². The van der Waals surface area contributed by atoms with E-state index in [0.29, 0.717) is 6.21 Å². The van der Waals surface area contributed by atoms with Crippen LogP contribution in [0.25, 0.3) is 0 Å². The van der Waals surface area contributed by atoms with Gasteiger partial charge < -0.3 is 0 Å². The second-order valence-electron chi connectivity index (χ2n) is 1.77. The highest BCUT2D eigenvalue weighted by atomic mass is 19.1. The summed E-state index contributed by atoms with van der Waals surface area (Å²) in [6, 6.07) is 1.26. The first-order valence-electron chi connectivity index (χ1n) is 2.52. The number of nitriles is 1. The van der Waals surface area contributed by atoms with Gasteiger partial charge in [-0.05, 0) is 0 Å². The fraction of sp³-hybridized carbons (Fsp3) is 0.400. The number of aliphatic imine (C=N–C) groups is 2. The van der Waals surface area contributed by atoms with Crippen LogP contribution in [0.4, 0.5) is 8.78 Å². The normalized spacial score (nSPS) is 31.1. The highest BCUT2D eigenvalue weighted by Crippen LogP contribution is 2.14. The van der Waals surface area contributed by atoms with Crippen LogP contribution in [0.1, 0.15) is 0 Å². The molecular weight excluding hydrogens is 140 g/mol. The van der Waals surface area contributed by atoms with Crippen molar-refractivity contribution in [1.29, 1.82) is 5.26 Å². The van der Waals surface area contributed by atoms with E-state index in [9.17, 15) is 8.78 Å². The average Bonchev–Trinajstić information content (AvgIpc) is 1.96. The lowest BCUT2D eigenvalue weighted by Gasteiger charge is -2.10. The molecule has 52 valence electrons. The number of alkyl halides is 1. The van der Waals surface area contributed by atoms with Gasteiger partial charge in [0.25, 0.3) is 0 Å². The minimum Gasteiger partial charge on any atom is -0.250 e. The zero-order valence-corrected chi connectivity index (χ0v) is 4.88. The fourth-order valence-corrected chi connectivity index (χ4v) is 0.482. The van der Waals surface area contributed by atoms with E-state index in [4.69, 9.17) is 5.26 Å². The number of hydrogen-bond acceptors (Lipinski definition) is 3. The van der Waals surface area contributed by atoms with Crippen LogP contribution in [0, 0.1) is 11.3 Å². The summed E-state index contributed by atoms with van der Waals surface area (Å²) in [5.41, 5.74) is 0. The molecule has 0 aromatic heterocycles. The molecule has 0 radical (unpaired) electrons. The van der Waals surface area contributed by atoms with Crippen LogP contribution in [0.5, 0.6) is 0 Å². The Balaban J connectivity index is 2.80. The summed E-state index contributed by atoms with van der Waals surface area (Å²) in [6.45, 7) is -0.550. The average molecular weight is 143 g/mol. The minimum atomic E-state index is -2.35. The molecule has 1 atom stereocenters. The molecule has 0 aliphatic carbocycles. The van der Waals surface area contributed by atoms with Crippen molar-refractivity contribution in [1.82, 2.24) is 0 Å². The van der Waals surface area contributed by atoms with Gasteiger partial charge in [-0.2, -0.15) is 14.0 Å². The molecule has 0 spiro atoms. The van der Waals surface area contributed by atoms with Crippen LogP contribution in [0.3, 0.4) is 0 Å². The Morgan fingerprint density at radius 3 is 2.90 bits per heavy atom. The highest BCUT2D eigenvalue weighted by Gasteiger charge is 2.29. The molecule has 0 aromatic rings. The maximum absolute atomic E-state index is 12.6. The van der Waals surface area contributed by atoms with Gasteiger partial charge in [-0.25, -0.2) is 9.98 Å². The van der Waals surface area contributed by atoms with Gasteiger partial charge in [0.05, 0.1) is 6.21 Å². The molecule has 5 heteroatoms. The van der Waals surface area contributed by atoms with E-state index in [1.54, 1.807) is 0 Å². The topological polar surface area (TPSA) is 48.5 Å². The summed E-state index contributed by atoms with van der Waals surface area (Å²) in [5, 5.41) is 8.11. The molecule has 1 aliphatic heterocycles. The second kappa shape index (κ2) is 2.14. The summed E-state index contributed by atoms with van der Waals surface area (Å²) in [5.74, 6) is -3.20. The largest absolute Gasteiger partial charge is 0.305 e. The van der Waals surface area contributed by atoms with Gasteiger partial charge in [-0.1, -0.05) is 0 Å². The first-order chi connectivity index (χ1) is 4.66. The van der Waals surface area contributed by atoms with Crippen LogP contribution >= 0.6 is 0 Å². The van der Waals surface area contributed by atoms with Crippen molar-refractivity contribution in [2.24, 2.45) is 9.98 Å². The molecule has 1 rings (SSSR count). The van der Waals surface area contributed by atoms with Crippen LogP contribution < -0.4 is 0 Å². The van der Waals surface area contributed by atoms with Gasteiger partial charge >= 0.3 is 5.79 Å². The Bertz CT molecular complexity index is 240. The van der Waals surface area contributed by atoms with E-state index in [0.717, 1.165) is 0 Å². The quantitative estimate of drug-likeness (QED) is 0.459. The zero-order chi connectivity index (χ0) is 7.61. The molecule has 1 aliphatic rings. The number of rotatable bonds is 0. The van der Waals surface area contributed by atoms with E-state index >= 15 is 0 Å². The summed E-state index contributed by atoms with van der Waals surface area (Å²) in [6.07, 6.45) is 0.604. The summed E-state index contributed by atoms with van der Waals surface area (Å²) in [7, 11) is 0. The smallest absolute Gasteiger partial charge is 0.250 e. The molecule has 0 bridgehead atoms. The Morgan fingerprint density at radius 2 is 2.50 bits per heavy atom. The van der Waals surface area contributed by atoms with Crippen molar-refractivity contribution in [3.63, 3.8) is 0 Å². The predicted octanol–water partition coefficient (Wildman–Crippen LogP) is 0.628. The van der Waals surface area contributed by atoms with Crippen molar-refractivity contribution >= 4 is 12.2 Å². The zero-order valence-electron chi connectivity index (χ0n) is 4.88. The maximum atomic E-state index is 12.6. The van der Waals surface area contributed by atoms with Gasteiger partial charge in [0.1, 0.15) is 12.6 Å². The number of nitrogens with zero attached hydrogens (tertiary/aromatic N) is 3. The van der Waals surface area contributed by atoms with Crippen molar-refractivity contribution in [2.75, 3.05) is 6.54 Å². The molecular formula is C5H3F2N3. The Hall–Kier alpha value is -1.31. The van der Waals surface area contributed by atoms with E-state index in [1.807, 2.05) is 0 Å². The summed E-state index contributed by atoms with van der Waals surface area (Å²) >= 11 is 0. The molecule has 0 saturated carbocycles. The van der Waals surface area contributed by atoms with Gasteiger partial charge in [0.15, 0.2) is 0 Å². The van der Waals surface area contributed by atoms with Gasteiger partial charge in [-0.15, -0.1) is 0 Å². The molecule has 0 aromatic carbocycles. The lowest BCUT2D eigenvalue weighted by Crippen LogP contribution is -2.26. The lowest BCUT2D eigenvalue weighted by atomic mass is 10.3. The Morgan fingerprint density at radius 1 is 1.80 bits per heavy atom. The third-order valence-electron chi connectivity index (χ3n) is 0.987. The van der Waals surface area contributed by atoms with Crippen molar-refractivity contribution in [3.8, 4) is 6.07 Å². The van der Waals surface area contributed by atoms with Gasteiger partial charge in [-0.3, -0.25) is 0 Å². The van der Waals surface area contributed by atoms with E-state index in [-0.39, 0.29) is 0 Å². The third kappa shape index (κ3) is 1.16. The van der Waals surface area contributed by atoms with Gasteiger partial charge in [0.2, 0.25) is 5.97 Å². The van der Waals surface area contributed by atoms with Crippen molar-refractivity contribution in [3.05, 3.63) is 0 Å². The van der Waals surface area contributed by atoms with Gasteiger partial charge in [0, 0.05) is 0 Å². The van der Waals surface area contributed by atoms with Crippen LogP contribution in [-0.2, 0) is 0 Å². The molecule has 0 amide bonds. The van der Waals surface area contributed by atoms with E-state index in [1.165, 1.54) is 6.07 Å². The van der Waals surface area contributed by atoms with Crippen molar-refractivity contribution < 1.29 is 8.78 Å². The first kappa shape index (κ1) is 6.81. The molecule has 10 heavy (non-hydrogen) atoms. The number of hydrogen-bond donors (Lipinski definition) is 0. The highest BCUT2D eigenvalue weighted by molar-refractivity contribution is 6.26. The second-order valence-corrected chi connectivity index (χ2v) is 1.77. The molecule has 0 fully saturated rings. The monoisotopic (exact) mass is 143 g/mol.